The van der Waals surface area contributed by atoms with Crippen LogP contribution in [0.2, 0.25) is 0 Å². The van der Waals surface area contributed by atoms with Crippen molar-refractivity contribution in [3.8, 4) is 0 Å². The lowest BCUT2D eigenvalue weighted by Crippen LogP contribution is -2.35. The second-order valence-corrected chi connectivity index (χ2v) is 4.53. The van der Waals surface area contributed by atoms with Crippen LogP contribution in [0.5, 0.6) is 0 Å². The van der Waals surface area contributed by atoms with E-state index in [0.29, 0.717) is 19.2 Å². The zero-order valence-electron chi connectivity index (χ0n) is 11.4. The topological polar surface area (TPSA) is 38.5 Å². The first-order valence-electron chi connectivity index (χ1n) is 6.36. The fourth-order valence-corrected chi connectivity index (χ4v) is 1.86. The molecule has 0 saturated heterocycles. The number of nitrogen functional groups attached to an aromatic ring is 1. The normalized spacial score (nSPS) is 12.9. The maximum atomic E-state index is 13.4. The van der Waals surface area contributed by atoms with Crippen LogP contribution in [0.25, 0.3) is 0 Å². The number of rotatable bonds is 7. The maximum Gasteiger partial charge on any atom is 0.146 e. The van der Waals surface area contributed by atoms with E-state index in [1.54, 1.807) is 13.2 Å². The molecule has 0 heterocycles. The number of halogens is 1. The smallest absolute Gasteiger partial charge is 0.146 e. The zero-order valence-corrected chi connectivity index (χ0v) is 11.4. The number of hydrogen-bond acceptors (Lipinski definition) is 3. The van der Waals surface area contributed by atoms with E-state index in [2.05, 4.69) is 18.7 Å². The van der Waals surface area contributed by atoms with Gasteiger partial charge >= 0.3 is 0 Å². The van der Waals surface area contributed by atoms with Gasteiger partial charge in [0.1, 0.15) is 5.82 Å². The van der Waals surface area contributed by atoms with Gasteiger partial charge in [-0.05, 0) is 25.0 Å². The van der Waals surface area contributed by atoms with E-state index in [4.69, 9.17) is 10.5 Å². The molecule has 1 aromatic carbocycles. The fraction of sp³-hybridized carbons (Fsp3) is 0.571. The Balaban J connectivity index is 2.78. The molecule has 1 aromatic rings. The molecule has 0 bridgehead atoms. The number of nitrogens with two attached hydrogens (primary N) is 1. The molecule has 1 atom stereocenters. The summed E-state index contributed by atoms with van der Waals surface area (Å²) in [6.07, 6.45) is 1.04. The van der Waals surface area contributed by atoms with E-state index >= 15 is 0 Å². The Kier molecular flexibility index (Phi) is 6.09. The second-order valence-electron chi connectivity index (χ2n) is 4.53. The van der Waals surface area contributed by atoms with E-state index in [9.17, 15) is 4.39 Å². The lowest BCUT2D eigenvalue weighted by atomic mass is 10.1. The molecule has 0 aliphatic heterocycles. The summed E-state index contributed by atoms with van der Waals surface area (Å²) in [7, 11) is 1.69. The van der Waals surface area contributed by atoms with Gasteiger partial charge < -0.3 is 10.5 Å². The van der Waals surface area contributed by atoms with Gasteiger partial charge in [-0.1, -0.05) is 19.1 Å². The standard InChI is InChI=1S/C14H23FN2O/c1-4-11(2)17(8-9-18-3)10-12-6-5-7-13(15)14(12)16/h5-7,11H,4,8-10,16H2,1-3H3. The number of benzene rings is 1. The zero-order chi connectivity index (χ0) is 13.5. The molecule has 0 aliphatic carbocycles. The molecule has 0 fully saturated rings. The Bertz CT molecular complexity index is 371. The highest BCUT2D eigenvalue weighted by molar-refractivity contribution is 5.47. The molecule has 18 heavy (non-hydrogen) atoms. The third-order valence-corrected chi connectivity index (χ3v) is 3.31. The number of para-hydroxylation sites is 1. The fourth-order valence-electron chi connectivity index (χ4n) is 1.86. The van der Waals surface area contributed by atoms with Crippen molar-refractivity contribution in [1.29, 1.82) is 0 Å². The molecule has 4 heteroatoms. The van der Waals surface area contributed by atoms with Gasteiger partial charge in [0.15, 0.2) is 0 Å². The largest absolute Gasteiger partial charge is 0.396 e. The molecule has 0 saturated carbocycles. The van der Waals surface area contributed by atoms with E-state index < -0.39 is 0 Å². The average molecular weight is 254 g/mol. The van der Waals surface area contributed by atoms with Crippen molar-refractivity contribution in [3.05, 3.63) is 29.6 Å². The quantitative estimate of drug-likeness (QED) is 0.760. The molecular formula is C14H23FN2O. The van der Waals surface area contributed by atoms with Crippen molar-refractivity contribution < 1.29 is 9.13 Å². The summed E-state index contributed by atoms with van der Waals surface area (Å²) >= 11 is 0. The van der Waals surface area contributed by atoms with Crippen molar-refractivity contribution in [2.75, 3.05) is 26.0 Å². The van der Waals surface area contributed by atoms with Crippen molar-refractivity contribution in [1.82, 2.24) is 4.90 Å². The SMILES string of the molecule is CCC(C)N(CCOC)Cc1cccc(F)c1N. The van der Waals surface area contributed by atoms with E-state index in [-0.39, 0.29) is 11.5 Å². The summed E-state index contributed by atoms with van der Waals surface area (Å²) in [6.45, 7) is 6.44. The second kappa shape index (κ2) is 7.34. The van der Waals surface area contributed by atoms with Crippen LogP contribution < -0.4 is 5.73 Å². The minimum Gasteiger partial charge on any atom is -0.396 e. The van der Waals surface area contributed by atoms with Gasteiger partial charge in [0, 0.05) is 26.2 Å². The highest BCUT2D eigenvalue weighted by Crippen LogP contribution is 2.19. The molecule has 0 aliphatic rings. The predicted octanol–water partition coefficient (Wildman–Crippen LogP) is 2.65. The van der Waals surface area contributed by atoms with Crippen LogP contribution in [0.4, 0.5) is 10.1 Å². The summed E-state index contributed by atoms with van der Waals surface area (Å²) in [4.78, 5) is 2.26. The van der Waals surface area contributed by atoms with Gasteiger partial charge in [-0.25, -0.2) is 4.39 Å². The minimum atomic E-state index is -0.344. The first-order chi connectivity index (χ1) is 8.60. The molecule has 3 nitrogen and oxygen atoms in total. The highest BCUT2D eigenvalue weighted by Gasteiger charge is 2.14. The number of nitrogens with zero attached hydrogens (tertiary/aromatic N) is 1. The predicted molar refractivity (Wildman–Crippen MR) is 72.9 cm³/mol. The van der Waals surface area contributed by atoms with E-state index in [1.165, 1.54) is 6.07 Å². The van der Waals surface area contributed by atoms with Crippen molar-refractivity contribution in [3.63, 3.8) is 0 Å². The Morgan fingerprint density at radius 3 is 2.78 bits per heavy atom. The highest BCUT2D eigenvalue weighted by atomic mass is 19.1. The number of ether oxygens (including phenoxy) is 1. The molecule has 0 spiro atoms. The number of methoxy groups -OCH3 is 1. The lowest BCUT2D eigenvalue weighted by Gasteiger charge is -2.28. The van der Waals surface area contributed by atoms with Gasteiger partial charge in [-0.15, -0.1) is 0 Å². The summed E-state index contributed by atoms with van der Waals surface area (Å²) < 4.78 is 18.5. The lowest BCUT2D eigenvalue weighted by molar-refractivity contribution is 0.118. The summed E-state index contributed by atoms with van der Waals surface area (Å²) in [6, 6.07) is 5.39. The first-order valence-corrected chi connectivity index (χ1v) is 6.36. The van der Waals surface area contributed by atoms with E-state index in [0.717, 1.165) is 18.5 Å². The monoisotopic (exact) mass is 254 g/mol. The van der Waals surface area contributed by atoms with Gasteiger partial charge in [0.05, 0.1) is 12.3 Å². The van der Waals surface area contributed by atoms with E-state index in [1.807, 2.05) is 6.07 Å². The Hall–Kier alpha value is -1.13. The molecular weight excluding hydrogens is 231 g/mol. The number of anilines is 1. The Morgan fingerprint density at radius 1 is 1.44 bits per heavy atom. The van der Waals surface area contributed by atoms with Crippen molar-refractivity contribution in [2.45, 2.75) is 32.9 Å². The molecule has 102 valence electrons. The van der Waals surface area contributed by atoms with Gasteiger partial charge in [-0.3, -0.25) is 4.90 Å². The molecule has 0 aromatic heterocycles. The third-order valence-electron chi connectivity index (χ3n) is 3.31. The Morgan fingerprint density at radius 2 is 2.17 bits per heavy atom. The summed E-state index contributed by atoms with van der Waals surface area (Å²) in [5.41, 5.74) is 6.86. The van der Waals surface area contributed by atoms with Crippen molar-refractivity contribution >= 4 is 5.69 Å². The molecule has 0 radical (unpaired) electrons. The summed E-state index contributed by atoms with van der Waals surface area (Å²) in [5, 5.41) is 0. The first kappa shape index (κ1) is 14.9. The van der Waals surface area contributed by atoms with Crippen molar-refractivity contribution in [2.24, 2.45) is 0 Å². The van der Waals surface area contributed by atoms with Gasteiger partial charge in [0.25, 0.3) is 0 Å². The van der Waals surface area contributed by atoms with Crippen LogP contribution in [0.15, 0.2) is 18.2 Å². The van der Waals surface area contributed by atoms with Gasteiger partial charge in [-0.2, -0.15) is 0 Å². The molecule has 0 amide bonds. The maximum absolute atomic E-state index is 13.4. The van der Waals surface area contributed by atoms with Crippen LogP contribution in [0.3, 0.4) is 0 Å². The van der Waals surface area contributed by atoms with Crippen LogP contribution in [-0.4, -0.2) is 31.2 Å². The van der Waals surface area contributed by atoms with Crippen LogP contribution >= 0.6 is 0 Å². The third kappa shape index (κ3) is 3.96. The number of hydrogen-bond donors (Lipinski definition) is 1. The molecule has 2 N–H and O–H groups in total. The minimum absolute atomic E-state index is 0.253. The summed E-state index contributed by atoms with van der Waals surface area (Å²) in [5.74, 6) is -0.344. The van der Waals surface area contributed by atoms with Crippen LogP contribution in [0.1, 0.15) is 25.8 Å². The molecule has 1 unspecified atom stereocenters. The van der Waals surface area contributed by atoms with Crippen LogP contribution in [0, 0.1) is 5.82 Å². The van der Waals surface area contributed by atoms with Crippen LogP contribution in [-0.2, 0) is 11.3 Å². The average Bonchev–Trinajstić information content (AvgIpc) is 2.38. The molecule has 1 rings (SSSR count). The Labute approximate surface area is 109 Å². The van der Waals surface area contributed by atoms with Gasteiger partial charge in [0.2, 0.25) is 0 Å².